The molecule has 2 aliphatic carbocycles. The lowest BCUT2D eigenvalue weighted by molar-refractivity contribution is -0.130. The standard InChI is InChI=1S/C27H37NO4/c1-4-5-6-7-10-19-15-21(29)25(30)24-17(3)14-18-12-13-22-26(32-22)23(18)16(2)9-8-11-20(24)27(31)28-19/h6-9,11-14,18-26,29-30H,4-5,10,15H2,1-3H3,(H,28,31). The molecule has 32 heavy (non-hydrogen) atoms. The minimum Gasteiger partial charge on any atom is -0.390 e. The highest BCUT2D eigenvalue weighted by molar-refractivity contribution is 5.82. The van der Waals surface area contributed by atoms with E-state index in [0.717, 1.165) is 18.4 Å². The van der Waals surface area contributed by atoms with E-state index in [-0.39, 0.29) is 36.0 Å². The maximum absolute atomic E-state index is 13.3. The highest BCUT2D eigenvalue weighted by Crippen LogP contribution is 2.45. The fourth-order valence-electron chi connectivity index (χ4n) is 5.59. The van der Waals surface area contributed by atoms with Crippen LogP contribution in [0.3, 0.4) is 0 Å². The van der Waals surface area contributed by atoms with Gasteiger partial charge in [0.2, 0.25) is 5.91 Å². The van der Waals surface area contributed by atoms with Crippen LogP contribution in [0.1, 0.15) is 46.5 Å². The summed E-state index contributed by atoms with van der Waals surface area (Å²) in [4.78, 5) is 13.3. The summed E-state index contributed by atoms with van der Waals surface area (Å²) in [6.07, 6.45) is 18.1. The lowest BCUT2D eigenvalue weighted by Crippen LogP contribution is -2.51. The van der Waals surface area contributed by atoms with Crippen molar-refractivity contribution in [3.63, 3.8) is 0 Å². The summed E-state index contributed by atoms with van der Waals surface area (Å²) in [5, 5.41) is 25.2. The van der Waals surface area contributed by atoms with Crippen molar-refractivity contribution in [1.82, 2.24) is 5.32 Å². The first kappa shape index (κ1) is 23.2. The highest BCUT2D eigenvalue weighted by atomic mass is 16.6. The number of carbonyl (C=O) groups is 1. The summed E-state index contributed by atoms with van der Waals surface area (Å²) < 4.78 is 5.84. The van der Waals surface area contributed by atoms with Crippen LogP contribution < -0.4 is 5.32 Å². The van der Waals surface area contributed by atoms with Crippen LogP contribution in [0.5, 0.6) is 0 Å². The Labute approximate surface area is 191 Å². The Kier molecular flexibility index (Phi) is 7.18. The van der Waals surface area contributed by atoms with Gasteiger partial charge < -0.3 is 20.3 Å². The zero-order chi connectivity index (χ0) is 22.8. The highest BCUT2D eigenvalue weighted by Gasteiger charge is 2.49. The van der Waals surface area contributed by atoms with Gasteiger partial charge in [0.05, 0.1) is 24.2 Å². The normalized spacial score (nSPS) is 41.4. The number of unbranched alkanes of at least 4 members (excludes halogenated alkanes) is 1. The molecule has 0 radical (unpaired) electrons. The van der Waals surface area contributed by atoms with Crippen molar-refractivity contribution < 1.29 is 19.7 Å². The smallest absolute Gasteiger partial charge is 0.227 e. The van der Waals surface area contributed by atoms with E-state index in [2.05, 4.69) is 55.6 Å². The third kappa shape index (κ3) is 4.85. The molecule has 2 aliphatic heterocycles. The molecular weight excluding hydrogens is 402 g/mol. The van der Waals surface area contributed by atoms with Crippen molar-refractivity contribution in [2.75, 3.05) is 0 Å². The zero-order valence-corrected chi connectivity index (χ0v) is 19.4. The van der Waals surface area contributed by atoms with E-state index >= 15 is 0 Å². The van der Waals surface area contributed by atoms with Crippen LogP contribution in [0.25, 0.3) is 0 Å². The molecule has 0 spiro atoms. The molecule has 0 bridgehead atoms. The molecule has 174 valence electrons. The molecule has 0 aromatic heterocycles. The van der Waals surface area contributed by atoms with Gasteiger partial charge in [-0.05, 0) is 33.1 Å². The topological polar surface area (TPSA) is 82.1 Å². The number of carbonyl (C=O) groups excluding carboxylic acids is 1. The van der Waals surface area contributed by atoms with Gasteiger partial charge in [-0.25, -0.2) is 0 Å². The zero-order valence-electron chi connectivity index (χ0n) is 19.4. The Morgan fingerprint density at radius 1 is 1.12 bits per heavy atom. The predicted octanol–water partition coefficient (Wildman–Crippen LogP) is 3.61. The second-order valence-electron chi connectivity index (χ2n) is 9.81. The SMILES string of the molecule is CCCC=CCC1CC(O)C(O)C2C(C)=CC3C=CC4OC4C3C(C)=CC=CC2C(=O)N1. The molecular formula is C27H37NO4. The first-order valence-electron chi connectivity index (χ1n) is 12.1. The first-order valence-corrected chi connectivity index (χ1v) is 12.1. The Hall–Kier alpha value is -1.95. The molecule has 9 unspecified atom stereocenters. The third-order valence-corrected chi connectivity index (χ3v) is 7.40. The lowest BCUT2D eigenvalue weighted by Gasteiger charge is -2.38. The molecule has 2 fully saturated rings. The van der Waals surface area contributed by atoms with Gasteiger partial charge in [0.25, 0.3) is 0 Å². The van der Waals surface area contributed by atoms with Gasteiger partial charge in [-0.1, -0.05) is 73.1 Å². The minimum absolute atomic E-state index is 0.0909. The van der Waals surface area contributed by atoms with E-state index in [9.17, 15) is 15.0 Å². The van der Waals surface area contributed by atoms with Crippen molar-refractivity contribution in [3.05, 3.63) is 59.8 Å². The van der Waals surface area contributed by atoms with Gasteiger partial charge in [-0.3, -0.25) is 4.79 Å². The minimum atomic E-state index is -1.01. The van der Waals surface area contributed by atoms with Crippen LogP contribution >= 0.6 is 0 Å². The van der Waals surface area contributed by atoms with Gasteiger partial charge in [-0.2, -0.15) is 0 Å². The van der Waals surface area contributed by atoms with E-state index in [1.165, 1.54) is 5.57 Å². The third-order valence-electron chi connectivity index (χ3n) is 7.40. The van der Waals surface area contributed by atoms with Crippen LogP contribution in [0.4, 0.5) is 0 Å². The summed E-state index contributed by atoms with van der Waals surface area (Å²) in [6, 6.07) is -0.193. The number of aliphatic hydroxyl groups is 2. The maximum atomic E-state index is 13.3. The van der Waals surface area contributed by atoms with Crippen LogP contribution in [0.15, 0.2) is 59.8 Å². The number of ether oxygens (including phenoxy) is 1. The van der Waals surface area contributed by atoms with Gasteiger partial charge in [0.15, 0.2) is 0 Å². The molecule has 1 amide bonds. The monoisotopic (exact) mass is 439 g/mol. The molecule has 4 aliphatic rings. The summed E-state index contributed by atoms with van der Waals surface area (Å²) in [7, 11) is 0. The molecule has 2 saturated heterocycles. The summed E-state index contributed by atoms with van der Waals surface area (Å²) in [5.41, 5.74) is 2.17. The number of hydrogen-bond acceptors (Lipinski definition) is 4. The number of fused-ring (bicyclic) bond motifs is 4. The molecule has 3 N–H and O–H groups in total. The summed E-state index contributed by atoms with van der Waals surface area (Å²) in [6.45, 7) is 6.23. The van der Waals surface area contributed by atoms with Crippen LogP contribution in [-0.4, -0.2) is 46.6 Å². The fourth-order valence-corrected chi connectivity index (χ4v) is 5.59. The second kappa shape index (κ2) is 9.90. The van der Waals surface area contributed by atoms with Gasteiger partial charge in [0.1, 0.15) is 6.10 Å². The van der Waals surface area contributed by atoms with Crippen molar-refractivity contribution >= 4 is 5.91 Å². The molecule has 0 aromatic carbocycles. The number of aliphatic hydroxyl groups excluding tert-OH is 2. The fraction of sp³-hybridized carbons (Fsp3) is 0.593. The largest absolute Gasteiger partial charge is 0.390 e. The number of amides is 1. The average Bonchev–Trinajstić information content (AvgIpc) is 3.54. The maximum Gasteiger partial charge on any atom is 0.227 e. The first-order chi connectivity index (χ1) is 15.4. The van der Waals surface area contributed by atoms with Gasteiger partial charge in [-0.15, -0.1) is 0 Å². The Balaban J connectivity index is 1.64. The van der Waals surface area contributed by atoms with E-state index in [1.54, 1.807) is 0 Å². The van der Waals surface area contributed by atoms with Crippen LogP contribution in [0, 0.1) is 23.7 Å². The van der Waals surface area contributed by atoms with Crippen molar-refractivity contribution in [2.45, 2.75) is 76.9 Å². The second-order valence-corrected chi connectivity index (χ2v) is 9.81. The molecule has 4 rings (SSSR count). The van der Waals surface area contributed by atoms with E-state index in [1.807, 2.05) is 19.1 Å². The van der Waals surface area contributed by atoms with Crippen LogP contribution in [-0.2, 0) is 9.53 Å². The van der Waals surface area contributed by atoms with Gasteiger partial charge in [0, 0.05) is 23.8 Å². The molecule has 0 saturated carbocycles. The average molecular weight is 440 g/mol. The Morgan fingerprint density at radius 3 is 2.72 bits per heavy atom. The van der Waals surface area contributed by atoms with Crippen molar-refractivity contribution in [2.24, 2.45) is 23.7 Å². The summed E-state index contributed by atoms with van der Waals surface area (Å²) >= 11 is 0. The van der Waals surface area contributed by atoms with Crippen molar-refractivity contribution in [3.8, 4) is 0 Å². The molecule has 5 heteroatoms. The quantitative estimate of drug-likeness (QED) is 0.462. The molecule has 2 heterocycles. The number of nitrogens with one attached hydrogen (secondary N) is 1. The van der Waals surface area contributed by atoms with E-state index < -0.39 is 24.0 Å². The lowest BCUT2D eigenvalue weighted by atomic mass is 9.72. The van der Waals surface area contributed by atoms with E-state index in [0.29, 0.717) is 12.8 Å². The summed E-state index contributed by atoms with van der Waals surface area (Å²) in [5.74, 6) is -0.707. The van der Waals surface area contributed by atoms with Crippen LogP contribution in [0.2, 0.25) is 0 Å². The molecule has 5 nitrogen and oxygen atoms in total. The Morgan fingerprint density at radius 2 is 1.94 bits per heavy atom. The number of hydrogen-bond donors (Lipinski definition) is 3. The predicted molar refractivity (Wildman–Crippen MR) is 126 cm³/mol. The number of allylic oxidation sites excluding steroid dienone is 5. The molecule has 0 aromatic rings. The van der Waals surface area contributed by atoms with Crippen molar-refractivity contribution in [1.29, 1.82) is 0 Å². The Bertz CT molecular complexity index is 854. The number of epoxide rings is 1. The molecule has 9 atom stereocenters. The van der Waals surface area contributed by atoms with E-state index in [4.69, 9.17) is 4.74 Å². The van der Waals surface area contributed by atoms with Gasteiger partial charge >= 0.3 is 0 Å². The number of rotatable bonds is 4.